The Morgan fingerprint density at radius 2 is 1.50 bits per heavy atom. The van der Waals surface area contributed by atoms with Gasteiger partial charge in [0.25, 0.3) is 5.91 Å². The Kier molecular flexibility index (Phi) is 5.83. The van der Waals surface area contributed by atoms with Crippen LogP contribution in [0.25, 0.3) is 0 Å². The number of carboxylic acids is 1. The molecule has 0 heterocycles. The van der Waals surface area contributed by atoms with E-state index in [0.717, 1.165) is 0 Å². The molecule has 5 nitrogen and oxygen atoms in total. The molecule has 0 spiro atoms. The summed E-state index contributed by atoms with van der Waals surface area (Å²) in [7, 11) is 1.43. The van der Waals surface area contributed by atoms with Gasteiger partial charge in [-0.15, -0.1) is 0 Å². The minimum Gasteiger partial charge on any atom is -0.495 e. The van der Waals surface area contributed by atoms with Crippen molar-refractivity contribution in [3.63, 3.8) is 0 Å². The number of anilines is 1. The number of nitrogens with one attached hydrogen (secondary N) is 1. The molecule has 2 N–H and O–H groups in total. The third kappa shape index (κ3) is 3.39. The molecule has 0 aromatic heterocycles. The zero-order valence-corrected chi connectivity index (χ0v) is 15.0. The molecule has 0 saturated carbocycles. The lowest BCUT2D eigenvalue weighted by molar-refractivity contribution is 0.0692. The number of carboxylic acid groups (broad SMARTS) is 1. The van der Waals surface area contributed by atoms with Crippen LogP contribution in [0.5, 0.6) is 5.75 Å². The highest BCUT2D eigenvalue weighted by atomic mass is 35.5. The predicted molar refractivity (Wildman–Crippen MR) is 94.4 cm³/mol. The first-order chi connectivity index (χ1) is 11.3. The maximum absolute atomic E-state index is 12.6. The van der Waals surface area contributed by atoms with Crippen molar-refractivity contribution in [2.24, 2.45) is 0 Å². The van der Waals surface area contributed by atoms with Gasteiger partial charge in [-0.3, -0.25) is 4.79 Å². The Balaban J connectivity index is 2.59. The van der Waals surface area contributed by atoms with Crippen LogP contribution in [0.1, 0.15) is 20.7 Å². The number of hydrogen-bond acceptors (Lipinski definition) is 3. The van der Waals surface area contributed by atoms with Gasteiger partial charge in [0.15, 0.2) is 0 Å². The first kappa shape index (κ1) is 18.7. The molecule has 0 radical (unpaired) electrons. The lowest BCUT2D eigenvalue weighted by Crippen LogP contribution is -2.18. The summed E-state index contributed by atoms with van der Waals surface area (Å²) in [5.41, 5.74) is -0.613. The van der Waals surface area contributed by atoms with Crippen LogP contribution in [0, 0.1) is 0 Å². The fourth-order valence-corrected chi connectivity index (χ4v) is 3.00. The van der Waals surface area contributed by atoms with Crippen LogP contribution in [0.3, 0.4) is 0 Å². The van der Waals surface area contributed by atoms with Gasteiger partial charge >= 0.3 is 5.97 Å². The largest absolute Gasteiger partial charge is 0.495 e. The molecule has 0 atom stereocenters. The second-order valence-electron chi connectivity index (χ2n) is 4.47. The zero-order chi connectivity index (χ0) is 18.0. The molecule has 0 fully saturated rings. The summed E-state index contributed by atoms with van der Waals surface area (Å²) in [5, 5.41) is 10.7. The topological polar surface area (TPSA) is 75.6 Å². The average molecular weight is 409 g/mol. The predicted octanol–water partition coefficient (Wildman–Crippen LogP) is 5.26. The second kappa shape index (κ2) is 7.49. The van der Waals surface area contributed by atoms with Gasteiger partial charge in [0.1, 0.15) is 5.75 Å². The number of aromatic carboxylic acids is 1. The number of rotatable bonds is 4. The van der Waals surface area contributed by atoms with E-state index in [2.05, 4.69) is 5.32 Å². The first-order valence-corrected chi connectivity index (χ1v) is 7.84. The highest BCUT2D eigenvalue weighted by Crippen LogP contribution is 2.42. The summed E-state index contributed by atoms with van der Waals surface area (Å²) in [6.45, 7) is 0. The van der Waals surface area contributed by atoms with Crippen molar-refractivity contribution in [2.45, 2.75) is 0 Å². The van der Waals surface area contributed by atoms with Gasteiger partial charge in [-0.25, -0.2) is 4.79 Å². The second-order valence-corrected chi connectivity index (χ2v) is 5.98. The molecular weight excluding hydrogens is 400 g/mol. The maximum atomic E-state index is 12.6. The van der Waals surface area contributed by atoms with Crippen LogP contribution in [-0.4, -0.2) is 24.1 Å². The van der Waals surface area contributed by atoms with E-state index in [1.54, 1.807) is 24.3 Å². The van der Waals surface area contributed by atoms with Crippen molar-refractivity contribution in [2.75, 3.05) is 12.4 Å². The van der Waals surface area contributed by atoms with E-state index in [0.29, 0.717) is 11.4 Å². The van der Waals surface area contributed by atoms with Gasteiger partial charge in [-0.05, 0) is 12.1 Å². The minimum absolute atomic E-state index is 0.210. The van der Waals surface area contributed by atoms with E-state index in [-0.39, 0.29) is 20.1 Å². The summed E-state index contributed by atoms with van der Waals surface area (Å²) in [5.74, 6) is -1.90. The molecule has 0 aliphatic heterocycles. The summed E-state index contributed by atoms with van der Waals surface area (Å²) >= 11 is 23.7. The summed E-state index contributed by atoms with van der Waals surface area (Å²) in [6.07, 6.45) is 0. The SMILES string of the molecule is COc1ccccc1NC(=O)c1c(Cl)c(Cl)c(Cl)c(Cl)c1C(=O)O. The van der Waals surface area contributed by atoms with Crippen molar-refractivity contribution in [1.82, 2.24) is 0 Å². The van der Waals surface area contributed by atoms with E-state index in [1.165, 1.54) is 7.11 Å². The number of carbonyl (C=O) groups is 2. The molecule has 2 rings (SSSR count). The Morgan fingerprint density at radius 1 is 0.958 bits per heavy atom. The van der Waals surface area contributed by atoms with Crippen molar-refractivity contribution in [1.29, 1.82) is 0 Å². The third-order valence-corrected chi connectivity index (χ3v) is 4.87. The molecule has 2 aromatic carbocycles. The van der Waals surface area contributed by atoms with Crippen molar-refractivity contribution in [3.8, 4) is 5.75 Å². The van der Waals surface area contributed by atoms with Gasteiger partial charge < -0.3 is 15.2 Å². The Bertz CT molecular complexity index is 839. The normalized spacial score (nSPS) is 10.4. The van der Waals surface area contributed by atoms with Crippen LogP contribution in [0.4, 0.5) is 5.69 Å². The third-order valence-electron chi connectivity index (χ3n) is 3.06. The van der Waals surface area contributed by atoms with Gasteiger partial charge in [0.05, 0.1) is 44.0 Å². The lowest BCUT2D eigenvalue weighted by Gasteiger charge is -2.15. The Labute approximate surface area is 157 Å². The van der Waals surface area contributed by atoms with Crippen molar-refractivity contribution in [3.05, 3.63) is 55.5 Å². The number of ether oxygens (including phenoxy) is 1. The Hall–Kier alpha value is -1.66. The van der Waals surface area contributed by atoms with Crippen LogP contribution >= 0.6 is 46.4 Å². The molecule has 0 aliphatic carbocycles. The van der Waals surface area contributed by atoms with Crippen molar-refractivity contribution < 1.29 is 19.4 Å². The molecule has 2 aromatic rings. The zero-order valence-electron chi connectivity index (χ0n) is 12.0. The summed E-state index contributed by atoms with van der Waals surface area (Å²) in [4.78, 5) is 24.1. The molecule has 0 bridgehead atoms. The summed E-state index contributed by atoms with van der Waals surface area (Å²) in [6, 6.07) is 6.57. The quantitative estimate of drug-likeness (QED) is 0.534. The average Bonchev–Trinajstić information content (AvgIpc) is 2.55. The highest BCUT2D eigenvalue weighted by molar-refractivity contribution is 6.54. The molecule has 24 heavy (non-hydrogen) atoms. The molecular formula is C15H9Cl4NO4. The fraction of sp³-hybridized carbons (Fsp3) is 0.0667. The van der Waals surface area contributed by atoms with Gasteiger partial charge in [0, 0.05) is 0 Å². The smallest absolute Gasteiger partial charge is 0.338 e. The van der Waals surface area contributed by atoms with E-state index in [1.807, 2.05) is 0 Å². The van der Waals surface area contributed by atoms with Gasteiger partial charge in [-0.1, -0.05) is 58.5 Å². The number of carbonyl (C=O) groups excluding carboxylic acids is 1. The van der Waals surface area contributed by atoms with E-state index in [9.17, 15) is 14.7 Å². The number of halogens is 4. The van der Waals surface area contributed by atoms with Crippen LogP contribution in [-0.2, 0) is 0 Å². The number of para-hydroxylation sites is 2. The van der Waals surface area contributed by atoms with Crippen LogP contribution in [0.15, 0.2) is 24.3 Å². The fourth-order valence-electron chi connectivity index (χ4n) is 1.98. The molecule has 0 saturated heterocycles. The Morgan fingerprint density at radius 3 is 2.04 bits per heavy atom. The molecule has 0 unspecified atom stereocenters. The number of methoxy groups -OCH3 is 1. The first-order valence-electron chi connectivity index (χ1n) is 6.33. The number of benzene rings is 2. The maximum Gasteiger partial charge on any atom is 0.338 e. The molecule has 0 aliphatic rings. The van der Waals surface area contributed by atoms with E-state index < -0.39 is 23.0 Å². The van der Waals surface area contributed by atoms with E-state index >= 15 is 0 Å². The standard InChI is InChI=1S/C15H9Cl4NO4/c1-24-7-5-3-2-4-6(7)20-14(21)8-9(15(22)23)11(17)13(19)12(18)10(8)16/h2-5H,1H3,(H,20,21)(H,22,23). The number of amides is 1. The molecule has 1 amide bonds. The van der Waals surface area contributed by atoms with Crippen LogP contribution < -0.4 is 10.1 Å². The van der Waals surface area contributed by atoms with Crippen molar-refractivity contribution >= 4 is 64.0 Å². The minimum atomic E-state index is -1.47. The highest BCUT2D eigenvalue weighted by Gasteiger charge is 2.29. The summed E-state index contributed by atoms with van der Waals surface area (Å²) < 4.78 is 5.12. The monoisotopic (exact) mass is 407 g/mol. The molecule has 126 valence electrons. The molecule has 9 heteroatoms. The van der Waals surface area contributed by atoms with Gasteiger partial charge in [-0.2, -0.15) is 0 Å². The lowest BCUT2D eigenvalue weighted by atomic mass is 10.1. The number of hydrogen-bond donors (Lipinski definition) is 2. The van der Waals surface area contributed by atoms with E-state index in [4.69, 9.17) is 51.1 Å². The van der Waals surface area contributed by atoms with Crippen LogP contribution in [0.2, 0.25) is 20.1 Å². The van der Waals surface area contributed by atoms with Gasteiger partial charge in [0.2, 0.25) is 0 Å².